The number of nitro groups is 1. The third-order valence-electron chi connectivity index (χ3n) is 3.80. The maximum atomic E-state index is 10.9. The highest BCUT2D eigenvalue weighted by molar-refractivity contribution is 5.67. The van der Waals surface area contributed by atoms with Crippen molar-refractivity contribution in [3.8, 4) is 0 Å². The first-order valence-corrected chi connectivity index (χ1v) is 7.09. The van der Waals surface area contributed by atoms with Crippen molar-refractivity contribution in [2.45, 2.75) is 57.1 Å². The zero-order valence-corrected chi connectivity index (χ0v) is 12.8. The van der Waals surface area contributed by atoms with Crippen LogP contribution in [0.1, 0.15) is 26.7 Å². The standard InChI is InChI=1S/C13H21NO8/c1-13(2)21-11-10(19-3)8(20-12(11)22-13)4-7(5-9(15)16)6-14(17)18/h7-8,10-12H,4-6H2,1-3H3,(H,15,16)/t7?,8-,10+,11?,12+/m0/s1. The number of aliphatic carboxylic acids is 1. The predicted octanol–water partition coefficient (Wildman–Crippen LogP) is 0.636. The van der Waals surface area contributed by atoms with Gasteiger partial charge in [-0.05, 0) is 20.3 Å². The first kappa shape index (κ1) is 17.1. The maximum absolute atomic E-state index is 10.9. The lowest BCUT2D eigenvalue weighted by Gasteiger charge is -2.26. The van der Waals surface area contributed by atoms with Gasteiger partial charge in [0.15, 0.2) is 12.1 Å². The van der Waals surface area contributed by atoms with E-state index < -0.39 is 53.7 Å². The Balaban J connectivity index is 2.02. The second-order valence-electron chi connectivity index (χ2n) is 6.06. The summed E-state index contributed by atoms with van der Waals surface area (Å²) < 4.78 is 22.5. The van der Waals surface area contributed by atoms with E-state index in [1.54, 1.807) is 13.8 Å². The van der Waals surface area contributed by atoms with E-state index >= 15 is 0 Å². The number of hydrogen-bond donors (Lipinski definition) is 1. The van der Waals surface area contributed by atoms with Gasteiger partial charge in [-0.1, -0.05) is 0 Å². The van der Waals surface area contributed by atoms with E-state index in [2.05, 4.69) is 0 Å². The molecule has 1 N–H and O–H groups in total. The quantitative estimate of drug-likeness (QED) is 0.536. The fraction of sp³-hybridized carbons (Fsp3) is 0.923. The van der Waals surface area contributed by atoms with Crippen molar-refractivity contribution in [2.24, 2.45) is 5.92 Å². The molecule has 126 valence electrons. The molecule has 0 aromatic heterocycles. The Bertz CT molecular complexity index is 424. The molecular weight excluding hydrogens is 298 g/mol. The third kappa shape index (κ3) is 3.92. The molecule has 9 heteroatoms. The Morgan fingerprint density at radius 1 is 1.45 bits per heavy atom. The van der Waals surface area contributed by atoms with Crippen LogP contribution in [0.25, 0.3) is 0 Å². The second-order valence-corrected chi connectivity index (χ2v) is 6.06. The van der Waals surface area contributed by atoms with Crippen LogP contribution >= 0.6 is 0 Å². The molecule has 2 unspecified atom stereocenters. The molecule has 5 atom stereocenters. The van der Waals surface area contributed by atoms with E-state index in [9.17, 15) is 14.9 Å². The number of fused-ring (bicyclic) bond motifs is 1. The van der Waals surface area contributed by atoms with Crippen molar-refractivity contribution >= 4 is 5.97 Å². The summed E-state index contributed by atoms with van der Waals surface area (Å²) in [5.41, 5.74) is 0. The molecule has 2 saturated heterocycles. The SMILES string of the molecule is CO[C@H]1C2OC(C)(C)O[C@H]2O[C@H]1CC(CC(=O)O)C[N+](=O)[O-]. The third-order valence-corrected chi connectivity index (χ3v) is 3.80. The van der Waals surface area contributed by atoms with Crippen LogP contribution in [0.5, 0.6) is 0 Å². The summed E-state index contributed by atoms with van der Waals surface area (Å²) in [6, 6.07) is 0. The van der Waals surface area contributed by atoms with Crippen molar-refractivity contribution < 1.29 is 33.8 Å². The highest BCUT2D eigenvalue weighted by Gasteiger charge is 2.55. The molecule has 2 fully saturated rings. The fourth-order valence-electron chi connectivity index (χ4n) is 3.03. The molecule has 0 amide bonds. The van der Waals surface area contributed by atoms with Crippen LogP contribution in [0.15, 0.2) is 0 Å². The zero-order valence-electron chi connectivity index (χ0n) is 12.8. The van der Waals surface area contributed by atoms with Crippen molar-refractivity contribution in [3.63, 3.8) is 0 Å². The largest absolute Gasteiger partial charge is 0.481 e. The minimum Gasteiger partial charge on any atom is -0.481 e. The summed E-state index contributed by atoms with van der Waals surface area (Å²) in [6.07, 6.45) is -2.07. The smallest absolute Gasteiger partial charge is 0.303 e. The van der Waals surface area contributed by atoms with Crippen molar-refractivity contribution in [2.75, 3.05) is 13.7 Å². The number of nitrogens with zero attached hydrogens (tertiary/aromatic N) is 1. The highest BCUT2D eigenvalue weighted by Crippen LogP contribution is 2.40. The molecule has 0 spiro atoms. The lowest BCUT2D eigenvalue weighted by Crippen LogP contribution is -2.37. The van der Waals surface area contributed by atoms with Gasteiger partial charge >= 0.3 is 5.97 Å². The van der Waals surface area contributed by atoms with Crippen molar-refractivity contribution in [3.05, 3.63) is 10.1 Å². The molecule has 0 bridgehead atoms. The average Bonchev–Trinajstić information content (AvgIpc) is 2.78. The molecule has 0 aliphatic carbocycles. The number of carboxylic acids is 1. The van der Waals surface area contributed by atoms with Gasteiger partial charge in [0.05, 0.1) is 12.5 Å². The van der Waals surface area contributed by atoms with Crippen LogP contribution in [0.2, 0.25) is 0 Å². The molecule has 0 aromatic carbocycles. The summed E-state index contributed by atoms with van der Waals surface area (Å²) >= 11 is 0. The van der Waals surface area contributed by atoms with Crippen LogP contribution in [-0.2, 0) is 23.7 Å². The lowest BCUT2D eigenvalue weighted by molar-refractivity contribution is -0.488. The highest BCUT2D eigenvalue weighted by atomic mass is 16.8. The molecule has 2 aliphatic heterocycles. The maximum Gasteiger partial charge on any atom is 0.303 e. The van der Waals surface area contributed by atoms with Gasteiger partial charge in [-0.25, -0.2) is 0 Å². The normalized spacial score (nSPS) is 34.3. The first-order valence-electron chi connectivity index (χ1n) is 7.09. The first-order chi connectivity index (χ1) is 10.2. The Hall–Kier alpha value is -1.29. The lowest BCUT2D eigenvalue weighted by atomic mass is 9.94. The van der Waals surface area contributed by atoms with E-state index in [4.69, 9.17) is 24.1 Å². The number of hydrogen-bond acceptors (Lipinski definition) is 7. The van der Waals surface area contributed by atoms with Gasteiger partial charge in [0.25, 0.3) is 0 Å². The summed E-state index contributed by atoms with van der Waals surface area (Å²) in [7, 11) is 1.50. The molecule has 2 heterocycles. The minimum absolute atomic E-state index is 0.200. The van der Waals surface area contributed by atoms with Gasteiger partial charge < -0.3 is 24.1 Å². The number of rotatable bonds is 7. The molecule has 22 heavy (non-hydrogen) atoms. The van der Waals surface area contributed by atoms with E-state index in [1.165, 1.54) is 7.11 Å². The Labute approximate surface area is 127 Å². The average molecular weight is 319 g/mol. The van der Waals surface area contributed by atoms with Gasteiger partial charge in [-0.3, -0.25) is 14.9 Å². The molecular formula is C13H21NO8. The van der Waals surface area contributed by atoms with Crippen LogP contribution in [0.3, 0.4) is 0 Å². The summed E-state index contributed by atoms with van der Waals surface area (Å²) in [5.74, 6) is -2.49. The summed E-state index contributed by atoms with van der Waals surface area (Å²) in [5, 5.41) is 19.6. The van der Waals surface area contributed by atoms with Crippen LogP contribution in [0, 0.1) is 16.0 Å². The molecule has 0 aromatic rings. The topological polar surface area (TPSA) is 117 Å². The van der Waals surface area contributed by atoms with Gasteiger partial charge in [-0.2, -0.15) is 0 Å². The zero-order chi connectivity index (χ0) is 16.5. The van der Waals surface area contributed by atoms with E-state index in [1.807, 2.05) is 0 Å². The minimum atomic E-state index is -1.08. The van der Waals surface area contributed by atoms with E-state index in [-0.39, 0.29) is 12.8 Å². The van der Waals surface area contributed by atoms with Gasteiger partial charge in [0.2, 0.25) is 6.54 Å². The summed E-state index contributed by atoms with van der Waals surface area (Å²) in [6.45, 7) is 3.10. The number of ether oxygens (including phenoxy) is 4. The Morgan fingerprint density at radius 2 is 2.14 bits per heavy atom. The van der Waals surface area contributed by atoms with Gasteiger partial charge in [-0.15, -0.1) is 0 Å². The van der Waals surface area contributed by atoms with Crippen LogP contribution in [0.4, 0.5) is 0 Å². The number of carbonyl (C=O) groups is 1. The van der Waals surface area contributed by atoms with Crippen LogP contribution < -0.4 is 0 Å². The Kier molecular flexibility index (Phi) is 5.00. The van der Waals surface area contributed by atoms with Crippen molar-refractivity contribution in [1.82, 2.24) is 0 Å². The fourth-order valence-corrected chi connectivity index (χ4v) is 3.03. The summed E-state index contributed by atoms with van der Waals surface area (Å²) in [4.78, 5) is 21.0. The van der Waals surface area contributed by atoms with E-state index in [0.29, 0.717) is 0 Å². The number of carboxylic acid groups (broad SMARTS) is 1. The predicted molar refractivity (Wildman–Crippen MR) is 71.7 cm³/mol. The Morgan fingerprint density at radius 3 is 2.68 bits per heavy atom. The van der Waals surface area contributed by atoms with Gasteiger partial charge in [0, 0.05) is 18.0 Å². The van der Waals surface area contributed by atoms with E-state index in [0.717, 1.165) is 0 Å². The molecule has 0 radical (unpaired) electrons. The van der Waals surface area contributed by atoms with Crippen LogP contribution in [-0.4, -0.2) is 60.0 Å². The number of methoxy groups -OCH3 is 1. The second kappa shape index (κ2) is 6.45. The molecule has 0 saturated carbocycles. The van der Waals surface area contributed by atoms with Crippen molar-refractivity contribution in [1.29, 1.82) is 0 Å². The molecule has 9 nitrogen and oxygen atoms in total. The monoisotopic (exact) mass is 319 g/mol. The molecule has 2 rings (SSSR count). The molecule has 2 aliphatic rings. The van der Waals surface area contributed by atoms with Gasteiger partial charge in [0.1, 0.15) is 12.2 Å².